The highest BCUT2D eigenvalue weighted by Crippen LogP contribution is 2.34. The van der Waals surface area contributed by atoms with Crippen LogP contribution in [0.15, 0.2) is 36.5 Å². The van der Waals surface area contributed by atoms with E-state index in [9.17, 15) is 4.79 Å². The normalized spacial score (nSPS) is 18.9. The Hall–Kier alpha value is -1.62. The molecule has 1 aromatic heterocycles. The molecule has 0 saturated carbocycles. The number of rotatable bonds is 4. The van der Waals surface area contributed by atoms with E-state index in [1.165, 1.54) is 6.20 Å². The zero-order chi connectivity index (χ0) is 19.8. The summed E-state index contributed by atoms with van der Waals surface area (Å²) in [4.78, 5) is 19.4. The van der Waals surface area contributed by atoms with Crippen molar-refractivity contribution in [3.63, 3.8) is 0 Å². The first-order valence-electron chi connectivity index (χ1n) is 9.08. The maximum absolute atomic E-state index is 13.3. The van der Waals surface area contributed by atoms with Crippen LogP contribution in [0.4, 0.5) is 0 Å². The van der Waals surface area contributed by atoms with Crippen LogP contribution in [-0.4, -0.2) is 34.2 Å². The fraction of sp³-hybridized carbons (Fsp3) is 0.429. The van der Waals surface area contributed by atoms with Crippen molar-refractivity contribution in [2.45, 2.75) is 45.9 Å². The van der Waals surface area contributed by atoms with Crippen LogP contribution in [0.2, 0.25) is 10.2 Å². The number of benzene rings is 1. The molecule has 1 aliphatic heterocycles. The highest BCUT2D eigenvalue weighted by Gasteiger charge is 2.44. The topological polar surface area (TPSA) is 42.4 Å². The summed E-state index contributed by atoms with van der Waals surface area (Å²) in [5.74, 6) is 0.373. The van der Waals surface area contributed by atoms with Gasteiger partial charge >= 0.3 is 0 Å². The van der Waals surface area contributed by atoms with Crippen molar-refractivity contribution in [1.82, 2.24) is 9.88 Å². The molecule has 0 spiro atoms. The minimum atomic E-state index is -0.656. The Morgan fingerprint density at radius 1 is 1.30 bits per heavy atom. The molecule has 1 fully saturated rings. The minimum absolute atomic E-state index is 0.0437. The number of ether oxygens (including phenoxy) is 1. The van der Waals surface area contributed by atoms with Crippen molar-refractivity contribution in [2.75, 3.05) is 6.61 Å². The van der Waals surface area contributed by atoms with Gasteiger partial charge in [0.25, 0.3) is 5.91 Å². The molecule has 4 nitrogen and oxygen atoms in total. The molecule has 1 saturated heterocycles. The van der Waals surface area contributed by atoms with E-state index in [1.807, 2.05) is 30.9 Å². The van der Waals surface area contributed by atoms with Gasteiger partial charge in [0.05, 0.1) is 18.2 Å². The summed E-state index contributed by atoms with van der Waals surface area (Å²) in [5, 5.41) is 0.993. The van der Waals surface area contributed by atoms with E-state index in [0.717, 1.165) is 12.0 Å². The molecular formula is C21H24Cl2N2O2. The highest BCUT2D eigenvalue weighted by molar-refractivity contribution is 6.32. The number of carbonyl (C=O) groups is 1. The van der Waals surface area contributed by atoms with Gasteiger partial charge < -0.3 is 9.64 Å². The van der Waals surface area contributed by atoms with E-state index in [-0.39, 0.29) is 11.9 Å². The Morgan fingerprint density at radius 2 is 1.96 bits per heavy atom. The quantitative estimate of drug-likeness (QED) is 0.613. The first kappa shape index (κ1) is 20.1. The summed E-state index contributed by atoms with van der Waals surface area (Å²) in [5.41, 5.74) is 1.41. The number of halogens is 2. The smallest absolute Gasteiger partial charge is 0.258 e. The molecule has 1 amide bonds. The van der Waals surface area contributed by atoms with Crippen LogP contribution < -0.4 is 0 Å². The summed E-state index contributed by atoms with van der Waals surface area (Å²) >= 11 is 12.3. The van der Waals surface area contributed by atoms with Gasteiger partial charge in [-0.05, 0) is 49.9 Å². The lowest BCUT2D eigenvalue weighted by Crippen LogP contribution is -2.48. The molecule has 144 valence electrons. The number of hydrogen-bond acceptors (Lipinski definition) is 3. The van der Waals surface area contributed by atoms with E-state index in [0.29, 0.717) is 33.8 Å². The first-order valence-corrected chi connectivity index (χ1v) is 9.83. The molecule has 1 aliphatic rings. The summed E-state index contributed by atoms with van der Waals surface area (Å²) in [6, 6.07) is 9.15. The van der Waals surface area contributed by atoms with Crippen LogP contribution in [0, 0.1) is 5.92 Å². The van der Waals surface area contributed by atoms with Crippen molar-refractivity contribution in [1.29, 1.82) is 0 Å². The van der Waals surface area contributed by atoms with Crippen LogP contribution in [-0.2, 0) is 4.74 Å². The van der Waals surface area contributed by atoms with Gasteiger partial charge in [-0.15, -0.1) is 0 Å². The van der Waals surface area contributed by atoms with Crippen molar-refractivity contribution >= 4 is 29.1 Å². The molecule has 6 heteroatoms. The molecule has 3 rings (SSSR count). The standard InChI is InChI=1S/C21H24Cl2N2O2/c1-13(2)9-17-12-27-21(3,4)25(17)20(26)15-10-18(19(23)24-11-15)14-5-7-16(22)8-6-14/h5-8,10-11,13,17H,9,12H2,1-4H3/t17-/m1/s1. The van der Waals surface area contributed by atoms with Crippen molar-refractivity contribution in [3.8, 4) is 11.1 Å². The Balaban J connectivity index is 1.96. The van der Waals surface area contributed by atoms with Crippen LogP contribution in [0.1, 0.15) is 44.5 Å². The van der Waals surface area contributed by atoms with Crippen molar-refractivity contribution in [3.05, 3.63) is 52.3 Å². The lowest BCUT2D eigenvalue weighted by molar-refractivity contribution is -0.0406. The van der Waals surface area contributed by atoms with E-state index in [2.05, 4.69) is 18.8 Å². The summed E-state index contributed by atoms with van der Waals surface area (Å²) in [6.45, 7) is 8.69. The number of carbonyl (C=O) groups excluding carboxylic acids is 1. The molecule has 2 heterocycles. The number of aromatic nitrogens is 1. The first-order chi connectivity index (χ1) is 12.7. The van der Waals surface area contributed by atoms with Gasteiger partial charge in [0.2, 0.25) is 0 Å². The largest absolute Gasteiger partial charge is 0.354 e. The minimum Gasteiger partial charge on any atom is -0.354 e. The average molecular weight is 407 g/mol. The van der Waals surface area contributed by atoms with Gasteiger partial charge in [-0.1, -0.05) is 49.2 Å². The number of hydrogen-bond donors (Lipinski definition) is 0. The third kappa shape index (κ3) is 4.29. The second-order valence-corrected chi connectivity index (χ2v) is 8.58. The zero-order valence-electron chi connectivity index (χ0n) is 16.0. The highest BCUT2D eigenvalue weighted by atomic mass is 35.5. The molecule has 0 unspecified atom stereocenters. The van der Waals surface area contributed by atoms with Gasteiger partial charge in [-0.2, -0.15) is 0 Å². The van der Waals surface area contributed by atoms with E-state index < -0.39 is 5.72 Å². The van der Waals surface area contributed by atoms with Gasteiger partial charge in [0, 0.05) is 16.8 Å². The van der Waals surface area contributed by atoms with Crippen LogP contribution in [0.25, 0.3) is 11.1 Å². The predicted molar refractivity (Wildman–Crippen MR) is 109 cm³/mol. The molecular weight excluding hydrogens is 383 g/mol. The molecule has 1 atom stereocenters. The average Bonchev–Trinajstić information content (AvgIpc) is 2.89. The Bertz CT molecular complexity index is 835. The zero-order valence-corrected chi connectivity index (χ0v) is 17.5. The van der Waals surface area contributed by atoms with Crippen molar-refractivity contribution < 1.29 is 9.53 Å². The Labute approximate surface area is 170 Å². The van der Waals surface area contributed by atoms with E-state index in [4.69, 9.17) is 27.9 Å². The maximum Gasteiger partial charge on any atom is 0.258 e. The molecule has 1 aromatic carbocycles. The van der Waals surface area contributed by atoms with Crippen LogP contribution in [0.5, 0.6) is 0 Å². The Morgan fingerprint density at radius 3 is 2.59 bits per heavy atom. The second-order valence-electron chi connectivity index (χ2n) is 7.79. The third-order valence-electron chi connectivity index (χ3n) is 4.78. The van der Waals surface area contributed by atoms with Gasteiger partial charge in [0.15, 0.2) is 0 Å². The summed E-state index contributed by atoms with van der Waals surface area (Å²) < 4.78 is 5.90. The van der Waals surface area contributed by atoms with Crippen LogP contribution in [0.3, 0.4) is 0 Å². The molecule has 0 bridgehead atoms. The molecule has 0 N–H and O–H groups in total. The molecule has 0 radical (unpaired) electrons. The lowest BCUT2D eigenvalue weighted by atomic mass is 10.0. The van der Waals surface area contributed by atoms with E-state index >= 15 is 0 Å². The predicted octanol–water partition coefficient (Wildman–Crippen LogP) is 5.68. The van der Waals surface area contributed by atoms with Gasteiger partial charge in [-0.3, -0.25) is 4.79 Å². The SMILES string of the molecule is CC(C)C[C@@H]1COC(C)(C)N1C(=O)c1cnc(Cl)c(-c2ccc(Cl)cc2)c1. The number of amides is 1. The summed E-state index contributed by atoms with van der Waals surface area (Å²) in [6.07, 6.45) is 2.42. The van der Waals surface area contributed by atoms with Crippen LogP contribution >= 0.6 is 23.2 Å². The number of nitrogens with zero attached hydrogens (tertiary/aromatic N) is 2. The number of pyridine rings is 1. The second kappa shape index (κ2) is 7.78. The third-order valence-corrected chi connectivity index (χ3v) is 5.33. The monoisotopic (exact) mass is 406 g/mol. The van der Waals surface area contributed by atoms with E-state index in [1.54, 1.807) is 18.2 Å². The van der Waals surface area contributed by atoms with Gasteiger partial charge in [-0.25, -0.2) is 4.98 Å². The molecule has 27 heavy (non-hydrogen) atoms. The fourth-order valence-corrected chi connectivity index (χ4v) is 3.89. The fourth-order valence-electron chi connectivity index (χ4n) is 3.55. The van der Waals surface area contributed by atoms with Crippen molar-refractivity contribution in [2.24, 2.45) is 5.92 Å². The Kier molecular flexibility index (Phi) is 5.80. The van der Waals surface area contributed by atoms with Gasteiger partial charge in [0.1, 0.15) is 10.9 Å². The summed E-state index contributed by atoms with van der Waals surface area (Å²) in [7, 11) is 0. The lowest BCUT2D eigenvalue weighted by Gasteiger charge is -2.34. The molecule has 0 aliphatic carbocycles. The maximum atomic E-state index is 13.3. The molecule has 2 aromatic rings.